The van der Waals surface area contributed by atoms with Crippen LogP contribution in [0.2, 0.25) is 19.6 Å². The first-order valence-electron chi connectivity index (χ1n) is 9.25. The molecule has 0 aliphatic carbocycles. The molecule has 0 unspecified atom stereocenters. The molecule has 0 saturated heterocycles. The molecule has 2 aromatic rings. The van der Waals surface area contributed by atoms with Crippen LogP contribution >= 0.6 is 0 Å². The van der Waals surface area contributed by atoms with Gasteiger partial charge in [0.25, 0.3) is 0 Å². The molecule has 0 fully saturated rings. The van der Waals surface area contributed by atoms with Crippen LogP contribution in [0.25, 0.3) is 10.9 Å². The van der Waals surface area contributed by atoms with Crippen molar-refractivity contribution in [2.24, 2.45) is 0 Å². The summed E-state index contributed by atoms with van der Waals surface area (Å²) in [5.41, 5.74) is 4.95. The highest BCUT2D eigenvalue weighted by Crippen LogP contribution is 2.25. The quantitative estimate of drug-likeness (QED) is 0.557. The molecule has 0 bridgehead atoms. The molecular formula is C22H30N2O2Si. The van der Waals surface area contributed by atoms with Crippen molar-refractivity contribution >= 4 is 25.1 Å². The Kier molecular flexibility index (Phi) is 6.22. The van der Waals surface area contributed by atoms with Crippen molar-refractivity contribution in [3.05, 3.63) is 48.2 Å². The van der Waals surface area contributed by atoms with Crippen LogP contribution in [0.5, 0.6) is 0 Å². The van der Waals surface area contributed by atoms with Gasteiger partial charge in [0.2, 0.25) is 0 Å². The number of fused-ring (bicyclic) bond motifs is 1. The van der Waals surface area contributed by atoms with Gasteiger partial charge in [-0.1, -0.05) is 49.8 Å². The topological polar surface area (TPSA) is 56.3 Å². The maximum absolute atomic E-state index is 12.0. The minimum absolute atomic E-state index is 0.294. The second-order valence-electron chi connectivity index (χ2n) is 8.83. The molecule has 4 nitrogen and oxygen atoms in total. The molecule has 1 atom stereocenters. The number of carboxylic acid groups (broad SMARTS) is 1. The van der Waals surface area contributed by atoms with Crippen LogP contribution < -0.4 is 0 Å². The van der Waals surface area contributed by atoms with E-state index in [-0.39, 0.29) is 6.04 Å². The number of rotatable bonds is 4. The third kappa shape index (κ3) is 5.76. The predicted molar refractivity (Wildman–Crippen MR) is 116 cm³/mol. The summed E-state index contributed by atoms with van der Waals surface area (Å²) in [6, 6.07) is 7.79. The summed E-state index contributed by atoms with van der Waals surface area (Å²) in [6.07, 6.45) is 5.39. The maximum Gasteiger partial charge on any atom is 0.408 e. The highest BCUT2D eigenvalue weighted by molar-refractivity contribution is 6.83. The number of allylic oxidation sites excluding steroid dienone is 1. The molecule has 0 radical (unpaired) electrons. The molecule has 2 N–H and O–H groups in total. The van der Waals surface area contributed by atoms with E-state index in [4.69, 9.17) is 0 Å². The van der Waals surface area contributed by atoms with E-state index < -0.39 is 19.7 Å². The molecule has 1 aromatic carbocycles. The molecule has 1 aromatic heterocycles. The zero-order chi connectivity index (χ0) is 20.2. The molecule has 1 amide bonds. The Morgan fingerprint density at radius 2 is 1.96 bits per heavy atom. The normalized spacial score (nSPS) is 13.4. The van der Waals surface area contributed by atoms with Gasteiger partial charge < -0.3 is 10.1 Å². The van der Waals surface area contributed by atoms with Crippen molar-refractivity contribution in [2.75, 3.05) is 0 Å². The standard InChI is InChI=1S/C22H30N2O2Si/c1-22(2,3)24(21(25)26)18(11-9-10-14-27(4,5)6)15-17-16-23-20-13-8-7-12-19(17)20/h7-9,11-13,16,18,23H,15H2,1-6H3,(H,25,26)/b11-9+/t18-/m1/s1. The number of nitrogens with zero attached hydrogens (tertiary/aromatic N) is 1. The number of hydrogen-bond acceptors (Lipinski definition) is 1. The van der Waals surface area contributed by atoms with Gasteiger partial charge in [0.15, 0.2) is 0 Å². The highest BCUT2D eigenvalue weighted by Gasteiger charge is 2.32. The summed E-state index contributed by atoms with van der Waals surface area (Å²) in [7, 11) is -1.46. The lowest BCUT2D eigenvalue weighted by Crippen LogP contribution is -2.51. The van der Waals surface area contributed by atoms with E-state index in [0.717, 1.165) is 16.5 Å². The fourth-order valence-electron chi connectivity index (χ4n) is 3.11. The van der Waals surface area contributed by atoms with E-state index >= 15 is 0 Å². The Morgan fingerprint density at radius 3 is 2.56 bits per heavy atom. The van der Waals surface area contributed by atoms with Gasteiger partial charge in [0.05, 0.1) is 6.04 Å². The smallest absolute Gasteiger partial charge is 0.408 e. The minimum atomic E-state index is -1.46. The number of hydrogen-bond donors (Lipinski definition) is 2. The Labute approximate surface area is 163 Å². The number of amides is 1. The SMILES string of the molecule is CC(C)(C)N(C(=O)O)[C@H](/C=C/C#C[Si](C)(C)C)Cc1c[nH]c2ccccc12. The average molecular weight is 383 g/mol. The van der Waals surface area contributed by atoms with Crippen molar-refractivity contribution in [3.63, 3.8) is 0 Å². The van der Waals surface area contributed by atoms with Gasteiger partial charge in [-0.25, -0.2) is 4.79 Å². The fraction of sp³-hybridized carbons (Fsp3) is 0.409. The monoisotopic (exact) mass is 382 g/mol. The lowest BCUT2D eigenvalue weighted by molar-refractivity contribution is 0.0833. The van der Waals surface area contributed by atoms with Gasteiger partial charge in [-0.3, -0.25) is 4.90 Å². The third-order valence-corrected chi connectivity index (χ3v) is 5.11. The molecule has 2 rings (SSSR count). The van der Waals surface area contributed by atoms with Crippen LogP contribution in [0, 0.1) is 11.5 Å². The van der Waals surface area contributed by atoms with Crippen LogP contribution in [-0.4, -0.2) is 40.7 Å². The third-order valence-electron chi connectivity index (χ3n) is 4.21. The highest BCUT2D eigenvalue weighted by atomic mass is 28.3. The molecule has 0 saturated carbocycles. The molecule has 1 heterocycles. The van der Waals surface area contributed by atoms with Crippen LogP contribution in [-0.2, 0) is 6.42 Å². The second-order valence-corrected chi connectivity index (χ2v) is 13.6. The Morgan fingerprint density at radius 1 is 1.30 bits per heavy atom. The molecule has 0 spiro atoms. The lowest BCUT2D eigenvalue weighted by atomic mass is 9.98. The average Bonchev–Trinajstić information content (AvgIpc) is 2.92. The van der Waals surface area contributed by atoms with Crippen LogP contribution in [0.1, 0.15) is 26.3 Å². The minimum Gasteiger partial charge on any atom is -0.465 e. The van der Waals surface area contributed by atoms with Crippen molar-refractivity contribution in [2.45, 2.75) is 58.4 Å². The van der Waals surface area contributed by atoms with Crippen LogP contribution in [0.4, 0.5) is 4.79 Å². The fourth-order valence-corrected chi connectivity index (χ4v) is 3.63. The maximum atomic E-state index is 12.0. The first-order valence-corrected chi connectivity index (χ1v) is 12.8. The number of H-pyrrole nitrogens is 1. The lowest BCUT2D eigenvalue weighted by Gasteiger charge is -2.38. The number of benzene rings is 1. The Balaban J connectivity index is 2.40. The molecule has 0 aliphatic heterocycles. The zero-order valence-electron chi connectivity index (χ0n) is 17.1. The van der Waals surface area contributed by atoms with Crippen LogP contribution in [0.15, 0.2) is 42.6 Å². The largest absolute Gasteiger partial charge is 0.465 e. The van der Waals surface area contributed by atoms with E-state index in [2.05, 4.69) is 42.2 Å². The summed E-state index contributed by atoms with van der Waals surface area (Å²) in [5, 5.41) is 11.0. The van der Waals surface area contributed by atoms with E-state index in [1.165, 1.54) is 4.90 Å². The van der Waals surface area contributed by atoms with Gasteiger partial charge in [-0.15, -0.1) is 5.54 Å². The van der Waals surface area contributed by atoms with Crippen molar-refractivity contribution in [1.29, 1.82) is 0 Å². The van der Waals surface area contributed by atoms with Gasteiger partial charge in [-0.2, -0.15) is 0 Å². The Hall–Kier alpha value is -2.45. The summed E-state index contributed by atoms with van der Waals surface area (Å²) in [4.78, 5) is 16.8. The van der Waals surface area contributed by atoms with Crippen LogP contribution in [0.3, 0.4) is 0 Å². The van der Waals surface area contributed by atoms with Gasteiger partial charge >= 0.3 is 6.09 Å². The number of aromatic nitrogens is 1. The number of carbonyl (C=O) groups is 1. The molecule has 5 heteroatoms. The van der Waals surface area contributed by atoms with E-state index in [1.807, 2.05) is 57.3 Å². The second kappa shape index (κ2) is 8.06. The van der Waals surface area contributed by atoms with Gasteiger partial charge in [-0.05, 0) is 44.9 Å². The summed E-state index contributed by atoms with van der Waals surface area (Å²) < 4.78 is 0. The summed E-state index contributed by atoms with van der Waals surface area (Å²) in [6.45, 7) is 12.3. The summed E-state index contributed by atoms with van der Waals surface area (Å²) >= 11 is 0. The molecule has 0 aliphatic rings. The Bertz CT molecular complexity index is 889. The van der Waals surface area contributed by atoms with Gasteiger partial charge in [0.1, 0.15) is 8.07 Å². The first-order chi connectivity index (χ1) is 12.5. The molecule has 144 valence electrons. The van der Waals surface area contributed by atoms with E-state index in [0.29, 0.717) is 6.42 Å². The van der Waals surface area contributed by atoms with Gasteiger partial charge in [0, 0.05) is 22.6 Å². The van der Waals surface area contributed by atoms with Crippen molar-refractivity contribution < 1.29 is 9.90 Å². The number of para-hydroxylation sites is 1. The zero-order valence-corrected chi connectivity index (χ0v) is 18.1. The van der Waals surface area contributed by atoms with E-state index in [1.54, 1.807) is 0 Å². The summed E-state index contributed by atoms with van der Waals surface area (Å²) in [5.74, 6) is 3.12. The number of nitrogens with one attached hydrogen (secondary N) is 1. The number of aromatic amines is 1. The van der Waals surface area contributed by atoms with Crippen molar-refractivity contribution in [3.8, 4) is 11.5 Å². The molecular weight excluding hydrogens is 352 g/mol. The molecule has 27 heavy (non-hydrogen) atoms. The van der Waals surface area contributed by atoms with E-state index in [9.17, 15) is 9.90 Å². The first kappa shape index (κ1) is 20.9. The van der Waals surface area contributed by atoms with Crippen molar-refractivity contribution in [1.82, 2.24) is 9.88 Å². The predicted octanol–water partition coefficient (Wildman–Crippen LogP) is 5.29.